The first-order valence-electron chi connectivity index (χ1n) is 5.87. The second-order valence-electron chi connectivity index (χ2n) is 4.47. The Balaban J connectivity index is 1.89. The van der Waals surface area contributed by atoms with Gasteiger partial charge in [0, 0.05) is 23.6 Å². The number of hydrogen-bond donors (Lipinski definition) is 1. The molecule has 3 heteroatoms. The van der Waals surface area contributed by atoms with Crippen molar-refractivity contribution < 1.29 is 0 Å². The highest BCUT2D eigenvalue weighted by Gasteiger charge is 2.19. The zero-order chi connectivity index (χ0) is 11.4. The van der Waals surface area contributed by atoms with Crippen LogP contribution in [-0.4, -0.2) is 29.0 Å². The van der Waals surface area contributed by atoms with Crippen molar-refractivity contribution in [3.05, 3.63) is 35.4 Å². The summed E-state index contributed by atoms with van der Waals surface area (Å²) in [6, 6.07) is 8.97. The summed E-state index contributed by atoms with van der Waals surface area (Å²) in [6.45, 7) is 4.57. The summed E-state index contributed by atoms with van der Waals surface area (Å²) >= 11 is 2.56. The average molecular weight is 330 g/mol. The Morgan fingerprint density at radius 1 is 1.31 bits per heavy atom. The number of benzene rings is 1. The summed E-state index contributed by atoms with van der Waals surface area (Å²) in [7, 11) is 1.98. The minimum atomic E-state index is 0.848. The van der Waals surface area contributed by atoms with E-state index < -0.39 is 0 Å². The molecule has 1 saturated heterocycles. The van der Waals surface area contributed by atoms with E-state index in [0.717, 1.165) is 17.0 Å². The molecule has 1 heterocycles. The third-order valence-corrected chi connectivity index (χ3v) is 4.04. The van der Waals surface area contributed by atoms with Gasteiger partial charge in [0.1, 0.15) is 0 Å². The maximum Gasteiger partial charge on any atom is 0.0249 e. The summed E-state index contributed by atoms with van der Waals surface area (Å²) in [6.07, 6.45) is 1.35. The summed E-state index contributed by atoms with van der Waals surface area (Å²) in [5, 5.41) is 3.17. The van der Waals surface area contributed by atoms with E-state index >= 15 is 0 Å². The Morgan fingerprint density at radius 2 is 2.00 bits per heavy atom. The van der Waals surface area contributed by atoms with Crippen LogP contribution in [0.15, 0.2) is 24.3 Å². The normalized spacial score (nSPS) is 21.5. The fourth-order valence-electron chi connectivity index (χ4n) is 2.15. The van der Waals surface area contributed by atoms with Gasteiger partial charge in [0.15, 0.2) is 0 Å². The lowest BCUT2D eigenvalue weighted by atomic mass is 10.1. The van der Waals surface area contributed by atoms with Crippen LogP contribution in [0.3, 0.4) is 0 Å². The van der Waals surface area contributed by atoms with E-state index in [1.54, 1.807) is 0 Å². The van der Waals surface area contributed by atoms with E-state index in [2.05, 4.69) is 57.1 Å². The molecule has 2 nitrogen and oxygen atoms in total. The van der Waals surface area contributed by atoms with Gasteiger partial charge >= 0.3 is 0 Å². The SMILES string of the molecule is CNCc1ccc(CN2CCC(I)C2)cc1. The van der Waals surface area contributed by atoms with Crippen LogP contribution in [0.1, 0.15) is 17.5 Å². The molecule has 0 aromatic heterocycles. The topological polar surface area (TPSA) is 15.3 Å². The van der Waals surface area contributed by atoms with Crippen LogP contribution in [-0.2, 0) is 13.1 Å². The summed E-state index contributed by atoms with van der Waals surface area (Å²) in [5.74, 6) is 0. The molecule has 1 fully saturated rings. The largest absolute Gasteiger partial charge is 0.316 e. The highest BCUT2D eigenvalue weighted by Crippen LogP contribution is 2.19. The first kappa shape index (κ1) is 12.3. The second-order valence-corrected chi connectivity index (χ2v) is 6.23. The average Bonchev–Trinajstić information content (AvgIpc) is 2.67. The number of nitrogens with one attached hydrogen (secondary N) is 1. The Morgan fingerprint density at radius 3 is 2.56 bits per heavy atom. The van der Waals surface area contributed by atoms with Crippen molar-refractivity contribution in [2.75, 3.05) is 20.1 Å². The molecule has 0 spiro atoms. The van der Waals surface area contributed by atoms with E-state index in [0.29, 0.717) is 0 Å². The Bertz CT molecular complexity index is 323. The van der Waals surface area contributed by atoms with Crippen molar-refractivity contribution >= 4 is 22.6 Å². The van der Waals surface area contributed by atoms with Crippen LogP contribution in [0.5, 0.6) is 0 Å². The van der Waals surface area contributed by atoms with Crippen LogP contribution in [0.2, 0.25) is 0 Å². The molecule has 1 aromatic rings. The molecule has 0 amide bonds. The predicted octanol–water partition coefficient (Wildman–Crippen LogP) is 2.42. The molecular weight excluding hydrogens is 311 g/mol. The first-order valence-corrected chi connectivity index (χ1v) is 7.11. The van der Waals surface area contributed by atoms with Gasteiger partial charge in [-0.2, -0.15) is 0 Å². The summed E-state index contributed by atoms with van der Waals surface area (Å²) < 4.78 is 0.848. The lowest BCUT2D eigenvalue weighted by molar-refractivity contribution is 0.333. The maximum absolute atomic E-state index is 3.17. The Hall–Kier alpha value is -0.130. The van der Waals surface area contributed by atoms with E-state index in [4.69, 9.17) is 0 Å². The minimum Gasteiger partial charge on any atom is -0.316 e. The van der Waals surface area contributed by atoms with Crippen molar-refractivity contribution in [3.8, 4) is 0 Å². The van der Waals surface area contributed by atoms with Crippen LogP contribution >= 0.6 is 22.6 Å². The molecule has 1 aliphatic heterocycles. The van der Waals surface area contributed by atoms with Crippen LogP contribution < -0.4 is 5.32 Å². The van der Waals surface area contributed by atoms with Gasteiger partial charge in [-0.05, 0) is 31.1 Å². The monoisotopic (exact) mass is 330 g/mol. The van der Waals surface area contributed by atoms with E-state index in [1.165, 1.54) is 30.6 Å². The molecule has 1 aromatic carbocycles. The van der Waals surface area contributed by atoms with E-state index in [9.17, 15) is 0 Å². The molecule has 1 atom stereocenters. The second kappa shape index (κ2) is 5.98. The lowest BCUT2D eigenvalue weighted by Gasteiger charge is -2.15. The van der Waals surface area contributed by atoms with E-state index in [-0.39, 0.29) is 0 Å². The molecule has 16 heavy (non-hydrogen) atoms. The zero-order valence-corrected chi connectivity index (χ0v) is 11.9. The third kappa shape index (κ3) is 3.43. The predicted molar refractivity (Wildman–Crippen MR) is 76.9 cm³/mol. The standard InChI is InChI=1S/C13H19IN2/c1-15-8-11-2-4-12(5-3-11)9-16-7-6-13(14)10-16/h2-5,13,15H,6-10H2,1H3. The van der Waals surface area contributed by atoms with Crippen molar-refractivity contribution in [2.45, 2.75) is 23.4 Å². The maximum atomic E-state index is 3.17. The quantitative estimate of drug-likeness (QED) is 0.674. The molecule has 1 N–H and O–H groups in total. The highest BCUT2D eigenvalue weighted by atomic mass is 127. The number of likely N-dealkylation sites (tertiary alicyclic amines) is 1. The lowest BCUT2D eigenvalue weighted by Crippen LogP contribution is -2.20. The zero-order valence-electron chi connectivity index (χ0n) is 9.75. The van der Waals surface area contributed by atoms with Gasteiger partial charge in [0.2, 0.25) is 0 Å². The Kier molecular flexibility index (Phi) is 4.61. The molecule has 1 aliphatic rings. The molecule has 0 bridgehead atoms. The van der Waals surface area contributed by atoms with Crippen molar-refractivity contribution in [3.63, 3.8) is 0 Å². The number of hydrogen-bond acceptors (Lipinski definition) is 2. The molecular formula is C13H19IN2. The highest BCUT2D eigenvalue weighted by molar-refractivity contribution is 14.1. The molecule has 88 valence electrons. The van der Waals surface area contributed by atoms with Gasteiger partial charge < -0.3 is 5.32 Å². The molecule has 0 radical (unpaired) electrons. The molecule has 2 rings (SSSR count). The van der Waals surface area contributed by atoms with Crippen LogP contribution in [0.4, 0.5) is 0 Å². The molecule has 0 aliphatic carbocycles. The smallest absolute Gasteiger partial charge is 0.0249 e. The number of nitrogens with zero attached hydrogens (tertiary/aromatic N) is 1. The summed E-state index contributed by atoms with van der Waals surface area (Å²) in [5.41, 5.74) is 2.80. The Labute approximate surface area is 112 Å². The number of halogens is 1. The molecule has 0 saturated carbocycles. The van der Waals surface area contributed by atoms with Crippen molar-refractivity contribution in [2.24, 2.45) is 0 Å². The van der Waals surface area contributed by atoms with Crippen molar-refractivity contribution in [1.29, 1.82) is 0 Å². The molecule has 1 unspecified atom stereocenters. The number of rotatable bonds is 4. The van der Waals surface area contributed by atoms with Gasteiger partial charge in [0.05, 0.1) is 0 Å². The fraction of sp³-hybridized carbons (Fsp3) is 0.538. The van der Waals surface area contributed by atoms with Gasteiger partial charge in [0.25, 0.3) is 0 Å². The van der Waals surface area contributed by atoms with E-state index in [1.807, 2.05) is 7.05 Å². The minimum absolute atomic E-state index is 0.848. The summed E-state index contributed by atoms with van der Waals surface area (Å²) in [4.78, 5) is 2.55. The van der Waals surface area contributed by atoms with Gasteiger partial charge in [-0.3, -0.25) is 4.90 Å². The van der Waals surface area contributed by atoms with Gasteiger partial charge in [-0.1, -0.05) is 46.9 Å². The van der Waals surface area contributed by atoms with Crippen LogP contribution in [0, 0.1) is 0 Å². The van der Waals surface area contributed by atoms with Crippen molar-refractivity contribution in [1.82, 2.24) is 10.2 Å². The first-order chi connectivity index (χ1) is 7.78. The third-order valence-electron chi connectivity index (χ3n) is 3.02. The van der Waals surface area contributed by atoms with Gasteiger partial charge in [-0.15, -0.1) is 0 Å². The van der Waals surface area contributed by atoms with Gasteiger partial charge in [-0.25, -0.2) is 0 Å². The fourth-order valence-corrected chi connectivity index (χ4v) is 2.99. The van der Waals surface area contributed by atoms with Crippen LogP contribution in [0.25, 0.3) is 0 Å². The number of alkyl halides is 1.